The van der Waals surface area contributed by atoms with Crippen LogP contribution < -0.4 is 0 Å². The fourth-order valence-electron chi connectivity index (χ4n) is 2.30. The Hall–Kier alpha value is -0.813. The molecule has 114 valence electrons. The van der Waals surface area contributed by atoms with Gasteiger partial charge in [-0.1, -0.05) is 12.8 Å². The van der Waals surface area contributed by atoms with Crippen LogP contribution in [-0.2, 0) is 10.8 Å². The summed E-state index contributed by atoms with van der Waals surface area (Å²) in [5.41, 5.74) is -0.00675. The monoisotopic (exact) mass is 304 g/mol. The highest BCUT2D eigenvalue weighted by molar-refractivity contribution is 6.71. The molecule has 0 spiro atoms. The molecule has 0 aromatic heterocycles. The first-order valence-electron chi connectivity index (χ1n) is 7.13. The minimum Gasteiger partial charge on any atom is -0.418 e. The van der Waals surface area contributed by atoms with E-state index in [-0.39, 0.29) is 5.56 Å². The molecule has 0 unspecified atom stereocenters. The van der Waals surface area contributed by atoms with Crippen molar-refractivity contribution in [2.24, 2.45) is 0 Å². The van der Waals surface area contributed by atoms with Gasteiger partial charge in [-0.25, -0.2) is 13.2 Å². The molecule has 5 heteroatoms. The first-order valence-corrected chi connectivity index (χ1v) is 10.2. The molecular weight excluding hydrogens is 281 g/mol. The van der Waals surface area contributed by atoms with E-state index in [0.717, 1.165) is 37.6 Å². The van der Waals surface area contributed by atoms with Crippen LogP contribution in [-0.4, -0.2) is 14.9 Å². The second-order valence-electron chi connectivity index (χ2n) is 5.60. The highest BCUT2D eigenvalue weighted by atomic mass is 28.4. The predicted molar refractivity (Wildman–Crippen MR) is 77.8 cm³/mol. The van der Waals surface area contributed by atoms with Gasteiger partial charge in [0.2, 0.25) is 0 Å². The van der Waals surface area contributed by atoms with Crippen LogP contribution in [0, 0.1) is 17.5 Å². The maximum Gasteiger partial charge on any atom is 0.186 e. The van der Waals surface area contributed by atoms with E-state index in [9.17, 15) is 13.2 Å². The van der Waals surface area contributed by atoms with Gasteiger partial charge in [-0.2, -0.15) is 0 Å². The normalized spacial score (nSPS) is 11.9. The Kier molecular flexibility index (Phi) is 6.75. The quantitative estimate of drug-likeness (QED) is 0.482. The molecule has 0 aliphatic carbocycles. The lowest BCUT2D eigenvalue weighted by molar-refractivity contribution is 0.327. The van der Waals surface area contributed by atoms with Crippen LogP contribution >= 0.6 is 0 Å². The molecule has 0 saturated heterocycles. The number of hydrogen-bond donors (Lipinski definition) is 0. The standard InChI is InChI=1S/C15H23F3OSi/c1-4-19-20(2,3)9-7-5-6-8-13-14(17)10-12(16)11-15(13)18/h10-11H,4-9H2,1-3H3. The van der Waals surface area contributed by atoms with Gasteiger partial charge in [0.05, 0.1) is 0 Å². The van der Waals surface area contributed by atoms with E-state index in [1.165, 1.54) is 0 Å². The number of halogens is 3. The molecule has 0 aliphatic rings. The third-order valence-electron chi connectivity index (χ3n) is 3.35. The third-order valence-corrected chi connectivity index (χ3v) is 5.97. The number of benzene rings is 1. The highest BCUT2D eigenvalue weighted by Crippen LogP contribution is 2.20. The van der Waals surface area contributed by atoms with Crippen molar-refractivity contribution in [3.63, 3.8) is 0 Å². The maximum absolute atomic E-state index is 13.4. The summed E-state index contributed by atoms with van der Waals surface area (Å²) in [6.07, 6.45) is 2.92. The van der Waals surface area contributed by atoms with Crippen LogP contribution in [0.1, 0.15) is 31.7 Å². The van der Waals surface area contributed by atoms with Crippen LogP contribution in [0.2, 0.25) is 19.1 Å². The van der Waals surface area contributed by atoms with Crippen molar-refractivity contribution in [1.29, 1.82) is 0 Å². The molecule has 0 heterocycles. The van der Waals surface area contributed by atoms with Crippen LogP contribution in [0.15, 0.2) is 12.1 Å². The van der Waals surface area contributed by atoms with Crippen molar-refractivity contribution in [3.05, 3.63) is 35.1 Å². The first kappa shape index (κ1) is 17.2. The van der Waals surface area contributed by atoms with Gasteiger partial charge in [0, 0.05) is 24.3 Å². The molecule has 0 aliphatic heterocycles. The zero-order chi connectivity index (χ0) is 15.2. The Balaban J connectivity index is 2.35. The number of unbranched alkanes of at least 4 members (excludes halogenated alkanes) is 2. The summed E-state index contributed by atoms with van der Waals surface area (Å²) in [6.45, 7) is 7.09. The lowest BCUT2D eigenvalue weighted by atomic mass is 10.1. The summed E-state index contributed by atoms with van der Waals surface area (Å²) in [6, 6.07) is 2.53. The van der Waals surface area contributed by atoms with Gasteiger partial charge in [0.1, 0.15) is 17.5 Å². The Morgan fingerprint density at radius 3 is 2.15 bits per heavy atom. The first-order chi connectivity index (χ1) is 9.35. The summed E-state index contributed by atoms with van der Waals surface area (Å²) < 4.78 is 45.3. The van der Waals surface area contributed by atoms with Crippen molar-refractivity contribution in [2.75, 3.05) is 6.61 Å². The van der Waals surface area contributed by atoms with E-state index in [1.54, 1.807) is 0 Å². The molecule has 0 N–H and O–H groups in total. The largest absolute Gasteiger partial charge is 0.418 e. The van der Waals surface area contributed by atoms with E-state index in [0.29, 0.717) is 12.8 Å². The fourth-order valence-corrected chi connectivity index (χ4v) is 4.33. The van der Waals surface area contributed by atoms with Crippen molar-refractivity contribution < 1.29 is 17.6 Å². The molecule has 1 aromatic carbocycles. The lowest BCUT2D eigenvalue weighted by Gasteiger charge is -2.21. The molecule has 1 nitrogen and oxygen atoms in total. The van der Waals surface area contributed by atoms with Gasteiger partial charge in [-0.15, -0.1) is 0 Å². The molecular formula is C15H23F3OSi. The van der Waals surface area contributed by atoms with Gasteiger partial charge in [-0.05, 0) is 38.9 Å². The van der Waals surface area contributed by atoms with E-state index >= 15 is 0 Å². The highest BCUT2D eigenvalue weighted by Gasteiger charge is 2.20. The van der Waals surface area contributed by atoms with E-state index < -0.39 is 25.8 Å². The summed E-state index contributed by atoms with van der Waals surface area (Å²) in [4.78, 5) is 0. The smallest absolute Gasteiger partial charge is 0.186 e. The Morgan fingerprint density at radius 2 is 1.60 bits per heavy atom. The molecule has 1 aromatic rings. The van der Waals surface area contributed by atoms with Gasteiger partial charge >= 0.3 is 0 Å². The molecule has 0 fully saturated rings. The molecule has 0 bridgehead atoms. The summed E-state index contributed by atoms with van der Waals surface area (Å²) in [5, 5.41) is 0. The minimum absolute atomic E-state index is 0.00675. The zero-order valence-electron chi connectivity index (χ0n) is 12.4. The van der Waals surface area contributed by atoms with Crippen molar-refractivity contribution >= 4 is 8.32 Å². The molecule has 0 atom stereocenters. The van der Waals surface area contributed by atoms with Gasteiger partial charge in [0.25, 0.3) is 0 Å². The van der Waals surface area contributed by atoms with Gasteiger partial charge in [-0.3, -0.25) is 0 Å². The predicted octanol–water partition coefficient (Wildman–Crippen LogP) is 5.06. The number of rotatable bonds is 8. The SMILES string of the molecule is CCO[Si](C)(C)CCCCCc1c(F)cc(F)cc1F. The third kappa shape index (κ3) is 5.67. The van der Waals surface area contributed by atoms with Crippen LogP contribution in [0.3, 0.4) is 0 Å². The maximum atomic E-state index is 13.4. The number of hydrogen-bond acceptors (Lipinski definition) is 1. The van der Waals surface area contributed by atoms with Crippen molar-refractivity contribution in [3.8, 4) is 0 Å². The van der Waals surface area contributed by atoms with Crippen LogP contribution in [0.5, 0.6) is 0 Å². The topological polar surface area (TPSA) is 9.23 Å². The fraction of sp³-hybridized carbons (Fsp3) is 0.600. The lowest BCUT2D eigenvalue weighted by Crippen LogP contribution is -2.29. The molecule has 20 heavy (non-hydrogen) atoms. The summed E-state index contributed by atoms with van der Waals surface area (Å²) in [7, 11) is -1.56. The Morgan fingerprint density at radius 1 is 1.00 bits per heavy atom. The van der Waals surface area contributed by atoms with Gasteiger partial charge < -0.3 is 4.43 Å². The van der Waals surface area contributed by atoms with E-state index in [2.05, 4.69) is 13.1 Å². The second-order valence-corrected chi connectivity index (χ2v) is 9.91. The Labute approximate surface area is 120 Å². The summed E-state index contributed by atoms with van der Waals surface area (Å²) >= 11 is 0. The molecule has 1 rings (SSSR count). The van der Waals surface area contributed by atoms with E-state index in [1.807, 2.05) is 6.92 Å². The van der Waals surface area contributed by atoms with Crippen molar-refractivity contribution in [2.45, 2.75) is 51.7 Å². The van der Waals surface area contributed by atoms with Crippen LogP contribution in [0.4, 0.5) is 13.2 Å². The molecule has 0 saturated carbocycles. The Bertz CT molecular complexity index is 412. The zero-order valence-corrected chi connectivity index (χ0v) is 13.4. The average Bonchev–Trinajstić information content (AvgIpc) is 2.31. The van der Waals surface area contributed by atoms with Crippen LogP contribution in [0.25, 0.3) is 0 Å². The molecule has 0 radical (unpaired) electrons. The van der Waals surface area contributed by atoms with Gasteiger partial charge in [0.15, 0.2) is 8.32 Å². The summed E-state index contributed by atoms with van der Waals surface area (Å²) in [5.74, 6) is -2.44. The second kappa shape index (κ2) is 7.83. The average molecular weight is 304 g/mol. The van der Waals surface area contributed by atoms with E-state index in [4.69, 9.17) is 4.43 Å². The minimum atomic E-state index is -1.56. The van der Waals surface area contributed by atoms with Crippen molar-refractivity contribution in [1.82, 2.24) is 0 Å². The molecule has 0 amide bonds.